The fourth-order valence-corrected chi connectivity index (χ4v) is 2.41. The summed E-state index contributed by atoms with van der Waals surface area (Å²) in [5.74, 6) is 0.0407. The molecule has 0 spiro atoms. The van der Waals surface area contributed by atoms with E-state index in [0.717, 1.165) is 5.69 Å². The molecule has 0 aliphatic carbocycles. The van der Waals surface area contributed by atoms with E-state index >= 15 is 0 Å². The van der Waals surface area contributed by atoms with Crippen LogP contribution in [0.3, 0.4) is 0 Å². The standard InChI is InChI=1S/C16H17NOS/c1-3-16(18)17-13-6-10-15(11-7-13)19-14-8-4-12(2)5-9-14/h4-11H,3H2,1-2H3,(H,17,18). The van der Waals surface area contributed by atoms with Crippen LogP contribution in [0, 0.1) is 6.92 Å². The predicted molar refractivity (Wildman–Crippen MR) is 80.7 cm³/mol. The van der Waals surface area contributed by atoms with Crippen molar-refractivity contribution in [3.05, 3.63) is 54.1 Å². The molecule has 0 radical (unpaired) electrons. The monoisotopic (exact) mass is 271 g/mol. The van der Waals surface area contributed by atoms with Gasteiger partial charge in [0.25, 0.3) is 0 Å². The van der Waals surface area contributed by atoms with Gasteiger partial charge in [-0.15, -0.1) is 0 Å². The van der Waals surface area contributed by atoms with Crippen LogP contribution in [-0.2, 0) is 4.79 Å². The molecule has 1 amide bonds. The number of rotatable bonds is 4. The molecule has 0 saturated carbocycles. The molecule has 0 atom stereocenters. The highest BCUT2D eigenvalue weighted by Crippen LogP contribution is 2.28. The average molecular weight is 271 g/mol. The number of benzene rings is 2. The highest BCUT2D eigenvalue weighted by Gasteiger charge is 2.00. The zero-order valence-electron chi connectivity index (χ0n) is 11.1. The number of amides is 1. The van der Waals surface area contributed by atoms with Gasteiger partial charge in [-0.1, -0.05) is 36.4 Å². The molecule has 0 saturated heterocycles. The van der Waals surface area contributed by atoms with E-state index in [1.54, 1.807) is 11.8 Å². The lowest BCUT2D eigenvalue weighted by Gasteiger charge is -2.05. The Hall–Kier alpha value is -1.74. The van der Waals surface area contributed by atoms with Crippen molar-refractivity contribution in [1.29, 1.82) is 0 Å². The fraction of sp³-hybridized carbons (Fsp3) is 0.188. The lowest BCUT2D eigenvalue weighted by Crippen LogP contribution is -2.08. The van der Waals surface area contributed by atoms with Gasteiger partial charge in [-0.05, 0) is 43.3 Å². The zero-order valence-corrected chi connectivity index (χ0v) is 12.0. The molecular weight excluding hydrogens is 254 g/mol. The summed E-state index contributed by atoms with van der Waals surface area (Å²) < 4.78 is 0. The molecule has 0 fully saturated rings. The Morgan fingerprint density at radius 2 is 1.53 bits per heavy atom. The first-order valence-corrected chi connectivity index (χ1v) is 7.13. The number of aryl methyl sites for hydroxylation is 1. The topological polar surface area (TPSA) is 29.1 Å². The number of anilines is 1. The highest BCUT2D eigenvalue weighted by atomic mass is 32.2. The van der Waals surface area contributed by atoms with Crippen LogP contribution in [-0.4, -0.2) is 5.91 Å². The van der Waals surface area contributed by atoms with Gasteiger partial charge in [0.2, 0.25) is 5.91 Å². The van der Waals surface area contributed by atoms with Gasteiger partial charge in [0, 0.05) is 21.9 Å². The van der Waals surface area contributed by atoms with Crippen LogP contribution in [0.1, 0.15) is 18.9 Å². The van der Waals surface area contributed by atoms with Crippen LogP contribution in [0.25, 0.3) is 0 Å². The molecule has 3 heteroatoms. The van der Waals surface area contributed by atoms with Crippen molar-refractivity contribution in [1.82, 2.24) is 0 Å². The molecular formula is C16H17NOS. The van der Waals surface area contributed by atoms with Gasteiger partial charge in [0.1, 0.15) is 0 Å². The van der Waals surface area contributed by atoms with E-state index in [2.05, 4.69) is 36.5 Å². The van der Waals surface area contributed by atoms with Gasteiger partial charge in [0.15, 0.2) is 0 Å². The quantitative estimate of drug-likeness (QED) is 0.887. The predicted octanol–water partition coefficient (Wildman–Crippen LogP) is 4.49. The average Bonchev–Trinajstić information content (AvgIpc) is 2.43. The van der Waals surface area contributed by atoms with Crippen LogP contribution in [0.4, 0.5) is 5.69 Å². The van der Waals surface area contributed by atoms with Gasteiger partial charge >= 0.3 is 0 Å². The SMILES string of the molecule is CCC(=O)Nc1ccc(Sc2ccc(C)cc2)cc1. The number of carbonyl (C=O) groups excluding carboxylic acids is 1. The van der Waals surface area contributed by atoms with Gasteiger partial charge in [-0.25, -0.2) is 0 Å². The second-order valence-electron chi connectivity index (χ2n) is 4.34. The first-order chi connectivity index (χ1) is 9.17. The molecule has 2 aromatic carbocycles. The molecule has 19 heavy (non-hydrogen) atoms. The molecule has 0 aliphatic heterocycles. The molecule has 0 bridgehead atoms. The number of nitrogens with one attached hydrogen (secondary N) is 1. The minimum atomic E-state index is 0.0407. The minimum absolute atomic E-state index is 0.0407. The van der Waals surface area contributed by atoms with Gasteiger partial charge < -0.3 is 5.32 Å². The summed E-state index contributed by atoms with van der Waals surface area (Å²) in [6.07, 6.45) is 0.500. The van der Waals surface area contributed by atoms with E-state index in [0.29, 0.717) is 6.42 Å². The lowest BCUT2D eigenvalue weighted by atomic mass is 10.2. The first kappa shape index (κ1) is 13.7. The zero-order chi connectivity index (χ0) is 13.7. The van der Waals surface area contributed by atoms with Gasteiger partial charge in [-0.2, -0.15) is 0 Å². The van der Waals surface area contributed by atoms with Crippen molar-refractivity contribution in [2.24, 2.45) is 0 Å². The Morgan fingerprint density at radius 3 is 2.05 bits per heavy atom. The van der Waals surface area contributed by atoms with Crippen LogP contribution in [0.2, 0.25) is 0 Å². The Bertz CT molecular complexity index is 546. The van der Waals surface area contributed by atoms with Crippen LogP contribution in [0.5, 0.6) is 0 Å². The maximum atomic E-state index is 11.3. The van der Waals surface area contributed by atoms with Crippen molar-refractivity contribution >= 4 is 23.4 Å². The maximum absolute atomic E-state index is 11.3. The summed E-state index contributed by atoms with van der Waals surface area (Å²) in [4.78, 5) is 13.7. The summed E-state index contributed by atoms with van der Waals surface area (Å²) in [5, 5.41) is 2.84. The first-order valence-electron chi connectivity index (χ1n) is 6.32. The van der Waals surface area contributed by atoms with Crippen molar-refractivity contribution in [2.75, 3.05) is 5.32 Å². The second-order valence-corrected chi connectivity index (χ2v) is 5.49. The summed E-state index contributed by atoms with van der Waals surface area (Å²) >= 11 is 1.72. The minimum Gasteiger partial charge on any atom is -0.326 e. The molecule has 2 nitrogen and oxygen atoms in total. The van der Waals surface area contributed by atoms with Crippen molar-refractivity contribution in [2.45, 2.75) is 30.1 Å². The van der Waals surface area contributed by atoms with E-state index < -0.39 is 0 Å². The molecule has 0 aliphatic rings. The molecule has 0 heterocycles. The summed E-state index contributed by atoms with van der Waals surface area (Å²) in [6.45, 7) is 3.93. The largest absolute Gasteiger partial charge is 0.326 e. The van der Waals surface area contributed by atoms with E-state index in [4.69, 9.17) is 0 Å². The molecule has 1 N–H and O–H groups in total. The number of hydrogen-bond donors (Lipinski definition) is 1. The van der Waals surface area contributed by atoms with E-state index in [1.807, 2.05) is 31.2 Å². The van der Waals surface area contributed by atoms with Gasteiger partial charge in [0.05, 0.1) is 0 Å². The second kappa shape index (κ2) is 6.43. The Morgan fingerprint density at radius 1 is 1.00 bits per heavy atom. The fourth-order valence-electron chi connectivity index (χ4n) is 1.60. The van der Waals surface area contributed by atoms with E-state index in [1.165, 1.54) is 15.4 Å². The molecule has 0 unspecified atom stereocenters. The third kappa shape index (κ3) is 4.14. The highest BCUT2D eigenvalue weighted by molar-refractivity contribution is 7.99. The third-order valence-corrected chi connectivity index (χ3v) is 3.73. The van der Waals surface area contributed by atoms with Crippen molar-refractivity contribution in [3.63, 3.8) is 0 Å². The number of hydrogen-bond acceptors (Lipinski definition) is 2. The molecule has 2 rings (SSSR count). The smallest absolute Gasteiger partial charge is 0.224 e. The normalized spacial score (nSPS) is 10.2. The van der Waals surface area contributed by atoms with E-state index in [9.17, 15) is 4.79 Å². The summed E-state index contributed by atoms with van der Waals surface area (Å²) in [7, 11) is 0. The number of carbonyl (C=O) groups is 1. The molecule has 2 aromatic rings. The Balaban J connectivity index is 2.02. The Labute approximate surface area is 118 Å². The molecule has 98 valence electrons. The summed E-state index contributed by atoms with van der Waals surface area (Å²) in [5.41, 5.74) is 2.11. The maximum Gasteiger partial charge on any atom is 0.224 e. The third-order valence-electron chi connectivity index (χ3n) is 2.72. The van der Waals surface area contributed by atoms with Crippen LogP contribution in [0.15, 0.2) is 58.3 Å². The Kier molecular flexibility index (Phi) is 4.63. The lowest BCUT2D eigenvalue weighted by molar-refractivity contribution is -0.115. The molecule has 0 aromatic heterocycles. The van der Waals surface area contributed by atoms with E-state index in [-0.39, 0.29) is 5.91 Å². The van der Waals surface area contributed by atoms with Crippen molar-refractivity contribution in [3.8, 4) is 0 Å². The van der Waals surface area contributed by atoms with Crippen molar-refractivity contribution < 1.29 is 4.79 Å². The summed E-state index contributed by atoms with van der Waals surface area (Å²) in [6, 6.07) is 16.4. The van der Waals surface area contributed by atoms with Crippen LogP contribution >= 0.6 is 11.8 Å². The van der Waals surface area contributed by atoms with Gasteiger partial charge in [-0.3, -0.25) is 4.79 Å². The van der Waals surface area contributed by atoms with Crippen LogP contribution < -0.4 is 5.32 Å².